The van der Waals surface area contributed by atoms with Crippen LogP contribution in [-0.4, -0.2) is 23.1 Å². The Kier molecular flexibility index (Phi) is 6.18. The van der Waals surface area contributed by atoms with E-state index in [0.29, 0.717) is 5.56 Å². The monoisotopic (exact) mass is 416 g/mol. The van der Waals surface area contributed by atoms with Crippen molar-refractivity contribution in [3.8, 4) is 0 Å². The molecule has 0 aliphatic heterocycles. The Hall–Kier alpha value is -2.92. The summed E-state index contributed by atoms with van der Waals surface area (Å²) in [5.74, 6) is -4.63. The third-order valence-electron chi connectivity index (χ3n) is 4.48. The lowest BCUT2D eigenvalue weighted by Gasteiger charge is -2.19. The molecule has 0 amide bonds. The number of carbonyl (C=O) groups excluding carboxylic acids is 2. The maximum absolute atomic E-state index is 13.1. The van der Waals surface area contributed by atoms with Crippen molar-refractivity contribution in [2.24, 2.45) is 5.92 Å². The predicted molar refractivity (Wildman–Crippen MR) is 108 cm³/mol. The number of hydrogen-bond acceptors (Lipinski definition) is 2. The predicted octanol–water partition coefficient (Wildman–Crippen LogP) is 6.09. The zero-order chi connectivity index (χ0) is 21.0. The normalized spacial score (nSPS) is 14.1. The Bertz CT molecular complexity index is 1060. The van der Waals surface area contributed by atoms with E-state index >= 15 is 0 Å². The second-order valence-corrected chi connectivity index (χ2v) is 6.96. The Morgan fingerprint density at radius 3 is 2.14 bits per heavy atom. The molecular formula is C23H16ClF3O2. The first-order valence-electron chi connectivity index (χ1n) is 8.79. The summed E-state index contributed by atoms with van der Waals surface area (Å²) in [7, 11) is 0. The molecule has 0 N–H and O–H groups in total. The minimum Gasteiger partial charge on any atom is -0.292 e. The molecule has 0 aliphatic carbocycles. The molecule has 3 rings (SSSR count). The van der Waals surface area contributed by atoms with Gasteiger partial charge in [0.25, 0.3) is 0 Å². The van der Waals surface area contributed by atoms with Crippen molar-refractivity contribution in [1.82, 2.24) is 0 Å². The minimum absolute atomic E-state index is 0.150. The molecule has 0 heterocycles. The van der Waals surface area contributed by atoms with Crippen LogP contribution in [-0.2, 0) is 4.79 Å². The molecule has 0 bridgehead atoms. The standard InChI is InChI=1S/C23H16ClF3O2/c24-20(21(28)18-12-11-16-8-4-5-9-17(16)14-18)19(22(29)23(25,26)27)13-10-15-6-2-1-3-7-15/h1-14,19-20H. The lowest BCUT2D eigenvalue weighted by Crippen LogP contribution is -2.37. The minimum atomic E-state index is -5.11. The molecule has 0 saturated carbocycles. The van der Waals surface area contributed by atoms with Gasteiger partial charge in [0.1, 0.15) is 5.38 Å². The van der Waals surface area contributed by atoms with Gasteiger partial charge in [0.15, 0.2) is 5.78 Å². The van der Waals surface area contributed by atoms with Gasteiger partial charge in [0.2, 0.25) is 5.78 Å². The van der Waals surface area contributed by atoms with Gasteiger partial charge in [-0.15, -0.1) is 11.6 Å². The average molecular weight is 417 g/mol. The maximum Gasteiger partial charge on any atom is 0.450 e. The highest BCUT2D eigenvalue weighted by Crippen LogP contribution is 2.29. The van der Waals surface area contributed by atoms with Gasteiger partial charge in [0, 0.05) is 5.56 Å². The number of ketones is 2. The van der Waals surface area contributed by atoms with Gasteiger partial charge in [-0.3, -0.25) is 9.59 Å². The molecule has 0 aliphatic rings. The largest absolute Gasteiger partial charge is 0.450 e. The van der Waals surface area contributed by atoms with E-state index in [4.69, 9.17) is 11.6 Å². The van der Waals surface area contributed by atoms with Crippen LogP contribution < -0.4 is 0 Å². The van der Waals surface area contributed by atoms with E-state index < -0.39 is 29.0 Å². The average Bonchev–Trinajstić information content (AvgIpc) is 2.72. The van der Waals surface area contributed by atoms with Gasteiger partial charge in [-0.1, -0.05) is 78.9 Å². The van der Waals surface area contributed by atoms with E-state index in [1.54, 1.807) is 54.6 Å². The highest BCUT2D eigenvalue weighted by atomic mass is 35.5. The molecule has 0 aromatic heterocycles. The number of benzene rings is 3. The zero-order valence-corrected chi connectivity index (χ0v) is 15.8. The number of allylic oxidation sites excluding steroid dienone is 1. The molecule has 2 nitrogen and oxygen atoms in total. The Morgan fingerprint density at radius 2 is 1.48 bits per heavy atom. The molecule has 0 fully saturated rings. The van der Waals surface area contributed by atoms with Crippen LogP contribution in [0.5, 0.6) is 0 Å². The van der Waals surface area contributed by atoms with Crippen LogP contribution in [0.2, 0.25) is 0 Å². The molecule has 3 aromatic rings. The summed E-state index contributed by atoms with van der Waals surface area (Å²) in [5.41, 5.74) is 0.742. The van der Waals surface area contributed by atoms with Crippen molar-refractivity contribution >= 4 is 40.0 Å². The van der Waals surface area contributed by atoms with E-state index in [-0.39, 0.29) is 5.56 Å². The van der Waals surface area contributed by atoms with Crippen LogP contribution in [0, 0.1) is 5.92 Å². The van der Waals surface area contributed by atoms with E-state index in [1.807, 2.05) is 12.1 Å². The Labute approximate surface area is 170 Å². The second-order valence-electron chi connectivity index (χ2n) is 6.49. The van der Waals surface area contributed by atoms with E-state index in [1.165, 1.54) is 12.1 Å². The number of halogens is 4. The molecular weight excluding hydrogens is 401 g/mol. The van der Waals surface area contributed by atoms with Gasteiger partial charge in [0.05, 0.1) is 5.92 Å². The lowest BCUT2D eigenvalue weighted by atomic mass is 9.91. The lowest BCUT2D eigenvalue weighted by molar-refractivity contribution is -0.173. The molecule has 3 aromatic carbocycles. The van der Waals surface area contributed by atoms with Gasteiger partial charge >= 0.3 is 6.18 Å². The van der Waals surface area contributed by atoms with Crippen molar-refractivity contribution in [3.63, 3.8) is 0 Å². The molecule has 29 heavy (non-hydrogen) atoms. The Morgan fingerprint density at radius 1 is 0.862 bits per heavy atom. The van der Waals surface area contributed by atoms with Crippen molar-refractivity contribution in [2.45, 2.75) is 11.6 Å². The Balaban J connectivity index is 1.93. The van der Waals surface area contributed by atoms with Crippen molar-refractivity contribution < 1.29 is 22.8 Å². The third-order valence-corrected chi connectivity index (χ3v) is 4.95. The van der Waals surface area contributed by atoms with Crippen LogP contribution >= 0.6 is 11.6 Å². The van der Waals surface area contributed by atoms with Gasteiger partial charge in [-0.25, -0.2) is 0 Å². The summed E-state index contributed by atoms with van der Waals surface area (Å²) in [6, 6.07) is 20.5. The first-order valence-corrected chi connectivity index (χ1v) is 9.22. The van der Waals surface area contributed by atoms with Gasteiger partial charge < -0.3 is 0 Å². The smallest absolute Gasteiger partial charge is 0.292 e. The highest BCUT2D eigenvalue weighted by molar-refractivity contribution is 6.36. The number of alkyl halides is 4. The molecule has 148 valence electrons. The van der Waals surface area contributed by atoms with Crippen LogP contribution in [0.15, 0.2) is 78.9 Å². The fourth-order valence-corrected chi connectivity index (χ4v) is 3.28. The highest BCUT2D eigenvalue weighted by Gasteiger charge is 2.46. The fourth-order valence-electron chi connectivity index (χ4n) is 2.95. The molecule has 0 spiro atoms. The third kappa shape index (κ3) is 4.93. The maximum atomic E-state index is 13.1. The van der Waals surface area contributed by atoms with Crippen LogP contribution in [0.3, 0.4) is 0 Å². The second kappa shape index (κ2) is 8.62. The fraction of sp³-hybridized carbons (Fsp3) is 0.130. The van der Waals surface area contributed by atoms with Crippen LogP contribution in [0.1, 0.15) is 15.9 Å². The van der Waals surface area contributed by atoms with Gasteiger partial charge in [-0.2, -0.15) is 13.2 Å². The first kappa shape index (κ1) is 20.8. The molecule has 0 radical (unpaired) electrons. The summed E-state index contributed by atoms with van der Waals surface area (Å²) in [6.07, 6.45) is -2.71. The zero-order valence-electron chi connectivity index (χ0n) is 15.1. The van der Waals surface area contributed by atoms with Crippen molar-refractivity contribution in [1.29, 1.82) is 0 Å². The topological polar surface area (TPSA) is 34.1 Å². The number of carbonyl (C=O) groups is 2. The first-order chi connectivity index (χ1) is 13.8. The number of rotatable bonds is 6. The SMILES string of the molecule is O=C(c1ccc2ccccc2c1)C(Cl)C(C=Cc1ccccc1)C(=O)C(F)(F)F. The van der Waals surface area contributed by atoms with Gasteiger partial charge in [-0.05, 0) is 22.4 Å². The van der Waals surface area contributed by atoms with E-state index in [9.17, 15) is 22.8 Å². The molecule has 2 unspecified atom stereocenters. The summed E-state index contributed by atoms with van der Waals surface area (Å²) in [4.78, 5) is 24.7. The van der Waals surface area contributed by atoms with E-state index in [2.05, 4.69) is 0 Å². The summed E-state index contributed by atoms with van der Waals surface area (Å²) in [5, 5.41) is -0.0620. The summed E-state index contributed by atoms with van der Waals surface area (Å²) in [6.45, 7) is 0. The molecule has 6 heteroatoms. The van der Waals surface area contributed by atoms with E-state index in [0.717, 1.165) is 16.8 Å². The molecule has 2 atom stereocenters. The number of Topliss-reactive ketones (excluding diaryl/α,β-unsaturated/α-hetero) is 2. The van der Waals surface area contributed by atoms with Crippen molar-refractivity contribution in [2.75, 3.05) is 0 Å². The molecule has 0 saturated heterocycles. The number of hydrogen-bond donors (Lipinski definition) is 0. The quantitative estimate of drug-likeness (QED) is 0.360. The van der Waals surface area contributed by atoms with Crippen molar-refractivity contribution in [3.05, 3.63) is 90.0 Å². The van der Waals surface area contributed by atoms with Crippen LogP contribution in [0.4, 0.5) is 13.2 Å². The van der Waals surface area contributed by atoms with Crippen LogP contribution in [0.25, 0.3) is 16.8 Å². The summed E-state index contributed by atoms with van der Waals surface area (Å²) < 4.78 is 39.3. The number of fused-ring (bicyclic) bond motifs is 1. The summed E-state index contributed by atoms with van der Waals surface area (Å²) >= 11 is 6.13.